The third kappa shape index (κ3) is 2.44. The molecular formula is C12H16ClN5O. The van der Waals surface area contributed by atoms with Crippen LogP contribution in [0.4, 0.5) is 0 Å². The molecule has 0 aliphatic heterocycles. The molecule has 0 atom stereocenters. The number of aryl methyl sites for hydroxylation is 2. The van der Waals surface area contributed by atoms with Crippen molar-refractivity contribution >= 4 is 17.4 Å². The van der Waals surface area contributed by atoms with Crippen molar-refractivity contribution in [3.05, 3.63) is 40.4 Å². The van der Waals surface area contributed by atoms with Crippen molar-refractivity contribution in [2.24, 2.45) is 17.9 Å². The van der Waals surface area contributed by atoms with Crippen LogP contribution in [0.2, 0.25) is 5.02 Å². The SMILES string of the molecule is CCc1nn(C)c(Cn2cccc2/C(N)=N/O)c1Cl. The van der Waals surface area contributed by atoms with Crippen molar-refractivity contribution in [3.63, 3.8) is 0 Å². The van der Waals surface area contributed by atoms with E-state index in [1.807, 2.05) is 30.8 Å². The van der Waals surface area contributed by atoms with Gasteiger partial charge < -0.3 is 15.5 Å². The summed E-state index contributed by atoms with van der Waals surface area (Å²) < 4.78 is 3.62. The molecule has 0 fully saturated rings. The Hall–Kier alpha value is -1.95. The van der Waals surface area contributed by atoms with E-state index >= 15 is 0 Å². The summed E-state index contributed by atoms with van der Waals surface area (Å²) in [5.74, 6) is 0.0685. The largest absolute Gasteiger partial charge is 0.409 e. The van der Waals surface area contributed by atoms with Gasteiger partial charge in [0.25, 0.3) is 0 Å². The fraction of sp³-hybridized carbons (Fsp3) is 0.333. The van der Waals surface area contributed by atoms with Crippen LogP contribution in [0.5, 0.6) is 0 Å². The number of halogens is 1. The minimum atomic E-state index is 0.0685. The molecule has 0 aliphatic rings. The quantitative estimate of drug-likeness (QED) is 0.386. The second kappa shape index (κ2) is 5.36. The minimum Gasteiger partial charge on any atom is -0.409 e. The summed E-state index contributed by atoms with van der Waals surface area (Å²) >= 11 is 6.30. The second-order valence-electron chi connectivity index (χ2n) is 4.19. The van der Waals surface area contributed by atoms with Gasteiger partial charge in [0.15, 0.2) is 5.84 Å². The van der Waals surface area contributed by atoms with Gasteiger partial charge in [-0.05, 0) is 18.6 Å². The third-order valence-corrected chi connectivity index (χ3v) is 3.46. The van der Waals surface area contributed by atoms with Gasteiger partial charge in [0, 0.05) is 13.2 Å². The molecule has 2 aromatic rings. The van der Waals surface area contributed by atoms with Gasteiger partial charge in [-0.3, -0.25) is 4.68 Å². The summed E-state index contributed by atoms with van der Waals surface area (Å²) in [5.41, 5.74) is 8.02. The number of nitrogens with zero attached hydrogens (tertiary/aromatic N) is 4. The number of hydrogen-bond acceptors (Lipinski definition) is 3. The monoisotopic (exact) mass is 281 g/mol. The molecular weight excluding hydrogens is 266 g/mol. The zero-order valence-electron chi connectivity index (χ0n) is 10.8. The lowest BCUT2D eigenvalue weighted by atomic mass is 10.3. The molecule has 2 aromatic heterocycles. The molecule has 0 amide bonds. The maximum Gasteiger partial charge on any atom is 0.186 e. The van der Waals surface area contributed by atoms with Crippen molar-refractivity contribution in [1.29, 1.82) is 0 Å². The van der Waals surface area contributed by atoms with Crippen LogP contribution in [-0.4, -0.2) is 25.4 Å². The van der Waals surface area contributed by atoms with Gasteiger partial charge in [0.1, 0.15) is 0 Å². The van der Waals surface area contributed by atoms with Crippen LogP contribution in [0.1, 0.15) is 24.0 Å². The number of rotatable bonds is 4. The molecule has 7 heteroatoms. The van der Waals surface area contributed by atoms with Gasteiger partial charge in [-0.25, -0.2) is 0 Å². The van der Waals surface area contributed by atoms with E-state index in [1.165, 1.54) is 0 Å². The smallest absolute Gasteiger partial charge is 0.186 e. The van der Waals surface area contributed by atoms with E-state index in [0.717, 1.165) is 17.8 Å². The number of hydrogen-bond donors (Lipinski definition) is 2. The van der Waals surface area contributed by atoms with Crippen molar-refractivity contribution in [1.82, 2.24) is 14.3 Å². The molecule has 0 saturated carbocycles. The molecule has 2 rings (SSSR count). The first kappa shape index (κ1) is 13.5. The second-order valence-corrected chi connectivity index (χ2v) is 4.57. The molecule has 0 radical (unpaired) electrons. The van der Waals surface area contributed by atoms with Gasteiger partial charge in [0.05, 0.1) is 28.6 Å². The van der Waals surface area contributed by atoms with Crippen LogP contribution in [0.3, 0.4) is 0 Å². The fourth-order valence-corrected chi connectivity index (χ4v) is 2.34. The minimum absolute atomic E-state index is 0.0685. The van der Waals surface area contributed by atoms with Crippen molar-refractivity contribution in [2.45, 2.75) is 19.9 Å². The van der Waals surface area contributed by atoms with Gasteiger partial charge >= 0.3 is 0 Å². The summed E-state index contributed by atoms with van der Waals surface area (Å²) in [5, 5.41) is 16.8. The molecule has 0 saturated heterocycles. The van der Waals surface area contributed by atoms with Gasteiger partial charge in [-0.2, -0.15) is 5.10 Å². The van der Waals surface area contributed by atoms with Crippen molar-refractivity contribution in [2.75, 3.05) is 0 Å². The van der Waals surface area contributed by atoms with E-state index in [9.17, 15) is 0 Å². The Balaban J connectivity index is 2.37. The van der Waals surface area contributed by atoms with Crippen molar-refractivity contribution < 1.29 is 5.21 Å². The first-order valence-electron chi connectivity index (χ1n) is 5.91. The molecule has 0 aliphatic carbocycles. The Morgan fingerprint density at radius 3 is 2.89 bits per heavy atom. The topological polar surface area (TPSA) is 81.4 Å². The lowest BCUT2D eigenvalue weighted by Gasteiger charge is -2.08. The summed E-state index contributed by atoms with van der Waals surface area (Å²) in [6.45, 7) is 2.52. The Morgan fingerprint density at radius 1 is 1.58 bits per heavy atom. The Bertz CT molecular complexity index is 614. The van der Waals surface area contributed by atoms with Crippen LogP contribution in [-0.2, 0) is 20.0 Å². The molecule has 6 nitrogen and oxygen atoms in total. The lowest BCUT2D eigenvalue weighted by Crippen LogP contribution is -2.19. The molecule has 0 aromatic carbocycles. The average Bonchev–Trinajstić information content (AvgIpc) is 2.97. The lowest BCUT2D eigenvalue weighted by molar-refractivity contribution is 0.318. The van der Waals surface area contributed by atoms with E-state index in [2.05, 4.69) is 10.3 Å². The van der Waals surface area contributed by atoms with E-state index in [4.69, 9.17) is 22.5 Å². The van der Waals surface area contributed by atoms with Crippen LogP contribution in [0.15, 0.2) is 23.5 Å². The van der Waals surface area contributed by atoms with Gasteiger partial charge in [-0.15, -0.1) is 0 Å². The molecule has 3 N–H and O–H groups in total. The summed E-state index contributed by atoms with van der Waals surface area (Å²) in [6.07, 6.45) is 2.63. The summed E-state index contributed by atoms with van der Waals surface area (Å²) in [4.78, 5) is 0. The molecule has 2 heterocycles. The summed E-state index contributed by atoms with van der Waals surface area (Å²) in [7, 11) is 1.85. The normalized spacial score (nSPS) is 12.1. The average molecular weight is 282 g/mol. The highest BCUT2D eigenvalue weighted by atomic mass is 35.5. The highest BCUT2D eigenvalue weighted by Crippen LogP contribution is 2.22. The van der Waals surface area contributed by atoms with E-state index in [0.29, 0.717) is 17.3 Å². The first-order valence-corrected chi connectivity index (χ1v) is 6.29. The molecule has 0 bridgehead atoms. The van der Waals surface area contributed by atoms with E-state index in [-0.39, 0.29) is 5.84 Å². The first-order chi connectivity index (χ1) is 9.08. The molecule has 0 unspecified atom stereocenters. The predicted molar refractivity (Wildman–Crippen MR) is 73.6 cm³/mol. The van der Waals surface area contributed by atoms with Gasteiger partial charge in [-0.1, -0.05) is 23.7 Å². The maximum absolute atomic E-state index is 8.75. The maximum atomic E-state index is 8.75. The van der Waals surface area contributed by atoms with E-state index < -0.39 is 0 Å². The number of nitrogens with two attached hydrogens (primary N) is 1. The van der Waals surface area contributed by atoms with Gasteiger partial charge in [0.2, 0.25) is 0 Å². The summed E-state index contributed by atoms with van der Waals surface area (Å²) in [6, 6.07) is 3.61. The predicted octanol–water partition coefficient (Wildman–Crippen LogP) is 1.58. The Kier molecular flexibility index (Phi) is 3.80. The van der Waals surface area contributed by atoms with Crippen LogP contribution >= 0.6 is 11.6 Å². The third-order valence-electron chi connectivity index (χ3n) is 3.02. The zero-order valence-corrected chi connectivity index (χ0v) is 11.6. The Morgan fingerprint density at radius 2 is 2.32 bits per heavy atom. The molecule has 0 spiro atoms. The molecule has 19 heavy (non-hydrogen) atoms. The highest BCUT2D eigenvalue weighted by Gasteiger charge is 2.15. The van der Waals surface area contributed by atoms with Crippen LogP contribution in [0, 0.1) is 0 Å². The molecule has 102 valence electrons. The number of amidine groups is 1. The Labute approximate surface area is 116 Å². The zero-order chi connectivity index (χ0) is 14.0. The van der Waals surface area contributed by atoms with Crippen LogP contribution in [0.25, 0.3) is 0 Å². The van der Waals surface area contributed by atoms with Crippen LogP contribution < -0.4 is 5.73 Å². The fourth-order valence-electron chi connectivity index (χ4n) is 1.99. The number of oxime groups is 1. The standard InChI is InChI=1S/C12H16ClN5O/c1-3-8-11(13)10(17(2)15-8)7-18-6-4-5-9(18)12(14)16-19/h4-6,19H,3,7H2,1-2H3,(H2,14,16). The van der Waals surface area contributed by atoms with Crippen molar-refractivity contribution in [3.8, 4) is 0 Å². The highest BCUT2D eigenvalue weighted by molar-refractivity contribution is 6.31. The van der Waals surface area contributed by atoms with E-state index in [1.54, 1.807) is 10.7 Å². The number of aromatic nitrogens is 3.